The summed E-state index contributed by atoms with van der Waals surface area (Å²) in [4.78, 5) is 26.3. The van der Waals surface area contributed by atoms with Crippen molar-refractivity contribution in [3.63, 3.8) is 0 Å². The minimum Gasteiger partial charge on any atom is -0.399 e. The van der Waals surface area contributed by atoms with Crippen LogP contribution in [-0.4, -0.2) is 36.0 Å². The van der Waals surface area contributed by atoms with E-state index in [4.69, 9.17) is 5.73 Å². The smallest absolute Gasteiger partial charge is 0.319 e. The molecule has 130 valence electrons. The Hall–Kier alpha value is -3.02. The lowest BCUT2D eigenvalue weighted by atomic mass is 10.0. The second kappa shape index (κ2) is 7.70. The van der Waals surface area contributed by atoms with Crippen LogP contribution in [0.1, 0.15) is 23.2 Å². The number of carbonyl (C=O) groups excluding carboxylic acids is 2. The van der Waals surface area contributed by atoms with Gasteiger partial charge in [0.15, 0.2) is 0 Å². The van der Waals surface area contributed by atoms with Crippen LogP contribution in [0.5, 0.6) is 0 Å². The number of amides is 3. The average molecular weight is 338 g/mol. The second-order valence-electron chi connectivity index (χ2n) is 6.16. The number of nitrogens with two attached hydrogens (primary N) is 1. The summed E-state index contributed by atoms with van der Waals surface area (Å²) in [5.74, 6) is -0.0144. The molecule has 2 aromatic carbocycles. The van der Waals surface area contributed by atoms with Gasteiger partial charge in [0.25, 0.3) is 5.91 Å². The molecule has 1 aliphatic heterocycles. The number of piperidine rings is 1. The number of hydrogen-bond acceptors (Lipinski definition) is 3. The first-order chi connectivity index (χ1) is 12.1. The highest BCUT2D eigenvalue weighted by atomic mass is 16.2. The van der Waals surface area contributed by atoms with Crippen LogP contribution >= 0.6 is 0 Å². The van der Waals surface area contributed by atoms with Crippen molar-refractivity contribution in [2.45, 2.75) is 18.9 Å². The lowest BCUT2D eigenvalue weighted by molar-refractivity contribution is 0.0709. The van der Waals surface area contributed by atoms with Crippen molar-refractivity contribution >= 4 is 23.3 Å². The first-order valence-corrected chi connectivity index (χ1v) is 8.39. The molecule has 0 radical (unpaired) electrons. The van der Waals surface area contributed by atoms with Crippen LogP contribution in [0.15, 0.2) is 54.6 Å². The molecule has 1 aliphatic rings. The number of nitrogen functional groups attached to an aromatic ring is 1. The molecule has 2 aromatic rings. The van der Waals surface area contributed by atoms with E-state index < -0.39 is 0 Å². The molecule has 3 rings (SSSR count). The topological polar surface area (TPSA) is 87.5 Å². The molecule has 25 heavy (non-hydrogen) atoms. The van der Waals surface area contributed by atoms with Crippen molar-refractivity contribution in [2.75, 3.05) is 24.1 Å². The van der Waals surface area contributed by atoms with Crippen LogP contribution in [0, 0.1) is 0 Å². The van der Waals surface area contributed by atoms with E-state index >= 15 is 0 Å². The van der Waals surface area contributed by atoms with Crippen molar-refractivity contribution < 1.29 is 9.59 Å². The monoisotopic (exact) mass is 338 g/mol. The predicted molar refractivity (Wildman–Crippen MR) is 98.4 cm³/mol. The summed E-state index contributed by atoms with van der Waals surface area (Å²) < 4.78 is 0. The highest BCUT2D eigenvalue weighted by molar-refractivity contribution is 5.95. The number of likely N-dealkylation sites (tertiary alicyclic amines) is 1. The van der Waals surface area contributed by atoms with Gasteiger partial charge in [-0.1, -0.05) is 24.3 Å². The number of carbonyl (C=O) groups is 2. The largest absolute Gasteiger partial charge is 0.399 e. The fourth-order valence-electron chi connectivity index (χ4n) is 2.96. The van der Waals surface area contributed by atoms with Gasteiger partial charge >= 0.3 is 6.03 Å². The van der Waals surface area contributed by atoms with Gasteiger partial charge in [0, 0.05) is 36.1 Å². The Morgan fingerprint density at radius 2 is 1.72 bits per heavy atom. The molecule has 4 N–H and O–H groups in total. The molecular formula is C19H22N4O2. The Labute approximate surface area is 147 Å². The Morgan fingerprint density at radius 1 is 1.00 bits per heavy atom. The molecular weight excluding hydrogens is 316 g/mol. The average Bonchev–Trinajstić information content (AvgIpc) is 2.62. The maximum atomic E-state index is 12.5. The van der Waals surface area contributed by atoms with Crippen molar-refractivity contribution in [3.05, 3.63) is 60.2 Å². The van der Waals surface area contributed by atoms with Crippen LogP contribution in [0.3, 0.4) is 0 Å². The maximum absolute atomic E-state index is 12.5. The molecule has 1 saturated heterocycles. The number of benzene rings is 2. The molecule has 0 atom stereocenters. The van der Waals surface area contributed by atoms with E-state index in [-0.39, 0.29) is 18.0 Å². The summed E-state index contributed by atoms with van der Waals surface area (Å²) in [6, 6.07) is 16.2. The number of rotatable bonds is 3. The van der Waals surface area contributed by atoms with Gasteiger partial charge in [-0.25, -0.2) is 4.79 Å². The normalized spacial score (nSPS) is 14.8. The van der Waals surface area contributed by atoms with Crippen molar-refractivity contribution in [1.29, 1.82) is 0 Å². The fourth-order valence-corrected chi connectivity index (χ4v) is 2.96. The summed E-state index contributed by atoms with van der Waals surface area (Å²) in [6.45, 7) is 1.23. The second-order valence-corrected chi connectivity index (χ2v) is 6.16. The van der Waals surface area contributed by atoms with Gasteiger partial charge < -0.3 is 21.3 Å². The van der Waals surface area contributed by atoms with E-state index in [1.165, 1.54) is 0 Å². The van der Waals surface area contributed by atoms with Gasteiger partial charge in [-0.3, -0.25) is 4.79 Å². The summed E-state index contributed by atoms with van der Waals surface area (Å²) in [5.41, 5.74) is 7.69. The van der Waals surface area contributed by atoms with Gasteiger partial charge in [-0.05, 0) is 43.2 Å². The molecule has 6 nitrogen and oxygen atoms in total. The summed E-state index contributed by atoms with van der Waals surface area (Å²) in [5, 5.41) is 5.78. The minimum absolute atomic E-state index is 0.0144. The van der Waals surface area contributed by atoms with E-state index in [0.717, 1.165) is 18.5 Å². The third-order valence-electron chi connectivity index (χ3n) is 4.28. The first-order valence-electron chi connectivity index (χ1n) is 8.39. The van der Waals surface area contributed by atoms with Crippen molar-refractivity contribution in [2.24, 2.45) is 0 Å². The number of nitrogens with one attached hydrogen (secondary N) is 2. The lowest BCUT2D eigenvalue weighted by Crippen LogP contribution is -2.47. The Morgan fingerprint density at radius 3 is 2.40 bits per heavy atom. The highest BCUT2D eigenvalue weighted by Crippen LogP contribution is 2.16. The first kappa shape index (κ1) is 16.8. The van der Waals surface area contributed by atoms with Crippen LogP contribution in [-0.2, 0) is 0 Å². The number of urea groups is 1. The Kier molecular flexibility index (Phi) is 5.18. The van der Waals surface area contributed by atoms with E-state index in [9.17, 15) is 9.59 Å². The van der Waals surface area contributed by atoms with Gasteiger partial charge in [-0.2, -0.15) is 0 Å². The molecule has 0 spiro atoms. The maximum Gasteiger partial charge on any atom is 0.319 e. The fraction of sp³-hybridized carbons (Fsp3) is 0.263. The predicted octanol–water partition coefficient (Wildman–Crippen LogP) is 2.70. The minimum atomic E-state index is -0.216. The van der Waals surface area contributed by atoms with Gasteiger partial charge in [0.05, 0.1) is 0 Å². The number of nitrogens with zero attached hydrogens (tertiary/aromatic N) is 1. The molecule has 1 heterocycles. The highest BCUT2D eigenvalue weighted by Gasteiger charge is 2.24. The van der Waals surface area contributed by atoms with E-state index in [2.05, 4.69) is 10.6 Å². The van der Waals surface area contributed by atoms with Crippen LogP contribution in [0.25, 0.3) is 0 Å². The zero-order valence-electron chi connectivity index (χ0n) is 13.9. The third-order valence-corrected chi connectivity index (χ3v) is 4.28. The Bertz CT molecular complexity index is 740. The molecule has 0 aromatic heterocycles. The van der Waals surface area contributed by atoms with E-state index in [1.54, 1.807) is 24.3 Å². The summed E-state index contributed by atoms with van der Waals surface area (Å²) in [7, 11) is 0. The summed E-state index contributed by atoms with van der Waals surface area (Å²) >= 11 is 0. The molecule has 0 bridgehead atoms. The molecule has 0 unspecified atom stereocenters. The quantitative estimate of drug-likeness (QED) is 0.752. The van der Waals surface area contributed by atoms with Crippen LogP contribution in [0.2, 0.25) is 0 Å². The molecule has 0 saturated carbocycles. The van der Waals surface area contributed by atoms with Crippen LogP contribution in [0.4, 0.5) is 16.2 Å². The third kappa shape index (κ3) is 4.50. The standard InChI is InChI=1S/C19H22N4O2/c20-15-6-4-5-14(13-15)18(24)23-11-9-17(10-12-23)22-19(25)21-16-7-2-1-3-8-16/h1-8,13,17H,9-12,20H2,(H2,21,22,25). The zero-order valence-corrected chi connectivity index (χ0v) is 13.9. The lowest BCUT2D eigenvalue weighted by Gasteiger charge is -2.32. The number of hydrogen-bond donors (Lipinski definition) is 3. The molecule has 1 fully saturated rings. The molecule has 3 amide bonds. The Balaban J connectivity index is 1.48. The van der Waals surface area contributed by atoms with Crippen molar-refractivity contribution in [3.8, 4) is 0 Å². The SMILES string of the molecule is Nc1cccc(C(=O)N2CCC(NC(=O)Nc3ccccc3)CC2)c1. The number of para-hydroxylation sites is 1. The van der Waals surface area contributed by atoms with Gasteiger partial charge in [-0.15, -0.1) is 0 Å². The van der Waals surface area contributed by atoms with E-state index in [1.807, 2.05) is 35.2 Å². The van der Waals surface area contributed by atoms with Crippen molar-refractivity contribution in [1.82, 2.24) is 10.2 Å². The molecule has 6 heteroatoms. The summed E-state index contributed by atoms with van der Waals surface area (Å²) in [6.07, 6.45) is 1.46. The molecule has 0 aliphatic carbocycles. The number of anilines is 2. The van der Waals surface area contributed by atoms with Gasteiger partial charge in [0.2, 0.25) is 0 Å². The van der Waals surface area contributed by atoms with Crippen LogP contribution < -0.4 is 16.4 Å². The van der Waals surface area contributed by atoms with E-state index in [0.29, 0.717) is 24.3 Å². The zero-order chi connectivity index (χ0) is 17.6. The van der Waals surface area contributed by atoms with Gasteiger partial charge in [0.1, 0.15) is 0 Å².